The summed E-state index contributed by atoms with van der Waals surface area (Å²) in [5.74, 6) is 0.0553. The topological polar surface area (TPSA) is 64.7 Å². The smallest absolute Gasteiger partial charge is 0.225 e. The first-order chi connectivity index (χ1) is 11.6. The van der Waals surface area contributed by atoms with E-state index in [1.54, 1.807) is 0 Å². The summed E-state index contributed by atoms with van der Waals surface area (Å²) in [6.07, 6.45) is 4.72. The van der Waals surface area contributed by atoms with E-state index in [9.17, 15) is 9.59 Å². The van der Waals surface area contributed by atoms with E-state index in [1.807, 2.05) is 4.90 Å². The molecule has 6 heteroatoms. The van der Waals surface area contributed by atoms with Gasteiger partial charge in [0.25, 0.3) is 0 Å². The van der Waals surface area contributed by atoms with Crippen LogP contribution in [0.3, 0.4) is 0 Å². The molecule has 3 rings (SSSR count). The molecule has 0 bridgehead atoms. The molecule has 4 unspecified atom stereocenters. The van der Waals surface area contributed by atoms with Crippen molar-refractivity contribution in [3.8, 4) is 0 Å². The predicted octanol–water partition coefficient (Wildman–Crippen LogP) is 0.576. The highest BCUT2D eigenvalue weighted by molar-refractivity contribution is 5.89. The third-order valence-corrected chi connectivity index (χ3v) is 5.89. The highest BCUT2D eigenvalue weighted by Crippen LogP contribution is 2.23. The summed E-state index contributed by atoms with van der Waals surface area (Å²) in [5, 5.41) is 6.58. The summed E-state index contributed by atoms with van der Waals surface area (Å²) in [6, 6.07) is 1.18. The van der Waals surface area contributed by atoms with Crippen LogP contribution in [-0.2, 0) is 9.59 Å². The molecule has 24 heavy (non-hydrogen) atoms. The van der Waals surface area contributed by atoms with Crippen LogP contribution in [0.2, 0.25) is 0 Å². The zero-order valence-electron chi connectivity index (χ0n) is 15.1. The van der Waals surface area contributed by atoms with Crippen LogP contribution in [0.4, 0.5) is 0 Å². The Bertz CT molecular complexity index is 470. The molecule has 0 saturated carbocycles. The lowest BCUT2D eigenvalue weighted by Gasteiger charge is -2.30. The predicted molar refractivity (Wildman–Crippen MR) is 93.6 cm³/mol. The number of likely N-dealkylation sites (N-methyl/N-ethyl adjacent to an activating group) is 1. The van der Waals surface area contributed by atoms with Gasteiger partial charge in [0.1, 0.15) is 0 Å². The second-order valence-corrected chi connectivity index (χ2v) is 7.71. The Morgan fingerprint density at radius 2 is 2.21 bits per heavy atom. The lowest BCUT2D eigenvalue weighted by atomic mass is 9.99. The lowest BCUT2D eigenvalue weighted by molar-refractivity contribution is -0.129. The zero-order chi connectivity index (χ0) is 17.1. The van der Waals surface area contributed by atoms with Crippen molar-refractivity contribution in [1.29, 1.82) is 0 Å². The highest BCUT2D eigenvalue weighted by Gasteiger charge is 2.37. The Hall–Kier alpha value is -1.14. The molecule has 4 atom stereocenters. The van der Waals surface area contributed by atoms with Gasteiger partial charge in [-0.3, -0.25) is 14.5 Å². The van der Waals surface area contributed by atoms with Crippen LogP contribution in [0.15, 0.2) is 0 Å². The van der Waals surface area contributed by atoms with E-state index < -0.39 is 0 Å². The zero-order valence-corrected chi connectivity index (χ0v) is 15.1. The molecule has 0 aromatic carbocycles. The average molecular weight is 336 g/mol. The van der Waals surface area contributed by atoms with E-state index >= 15 is 0 Å². The number of piperidine rings is 1. The minimum atomic E-state index is -0.167. The van der Waals surface area contributed by atoms with Crippen molar-refractivity contribution in [3.63, 3.8) is 0 Å². The molecule has 3 aliphatic rings. The van der Waals surface area contributed by atoms with E-state index in [2.05, 4.69) is 29.4 Å². The molecule has 136 valence electrons. The van der Waals surface area contributed by atoms with Crippen LogP contribution in [0.5, 0.6) is 0 Å². The van der Waals surface area contributed by atoms with E-state index in [1.165, 1.54) is 12.8 Å². The maximum atomic E-state index is 12.5. The Kier molecular flexibility index (Phi) is 5.76. The molecular weight excluding hydrogens is 304 g/mol. The summed E-state index contributed by atoms with van der Waals surface area (Å²) in [6.45, 7) is 8.86. The van der Waals surface area contributed by atoms with Crippen LogP contribution in [-0.4, -0.2) is 72.5 Å². The second kappa shape index (κ2) is 7.83. The lowest BCUT2D eigenvalue weighted by Crippen LogP contribution is -2.48. The van der Waals surface area contributed by atoms with Gasteiger partial charge < -0.3 is 15.5 Å². The first-order valence-electron chi connectivity index (χ1n) is 9.62. The van der Waals surface area contributed by atoms with E-state index in [0.717, 1.165) is 39.0 Å². The fraction of sp³-hybridized carbons (Fsp3) is 0.889. The van der Waals surface area contributed by atoms with Crippen LogP contribution in [0, 0.1) is 5.92 Å². The van der Waals surface area contributed by atoms with Crippen LogP contribution >= 0.6 is 0 Å². The Labute approximate surface area is 145 Å². The van der Waals surface area contributed by atoms with Gasteiger partial charge in [-0.2, -0.15) is 0 Å². The largest absolute Gasteiger partial charge is 0.353 e. The van der Waals surface area contributed by atoms with Gasteiger partial charge in [-0.25, -0.2) is 0 Å². The Morgan fingerprint density at radius 3 is 2.96 bits per heavy atom. The van der Waals surface area contributed by atoms with Crippen molar-refractivity contribution < 1.29 is 9.59 Å². The van der Waals surface area contributed by atoms with Gasteiger partial charge in [0.05, 0.1) is 5.92 Å². The average Bonchev–Trinajstić information content (AvgIpc) is 3.14. The molecule has 0 radical (unpaired) electrons. The molecule has 0 aliphatic carbocycles. The number of hydrogen-bond donors (Lipinski definition) is 2. The number of rotatable bonds is 5. The van der Waals surface area contributed by atoms with Gasteiger partial charge in [0.2, 0.25) is 11.8 Å². The van der Waals surface area contributed by atoms with E-state index in [4.69, 9.17) is 0 Å². The number of hydrogen-bond acceptors (Lipinski definition) is 4. The number of likely N-dealkylation sites (tertiary alicyclic amines) is 2. The SMILES string of the molecule is CCN1CCCC1CN1CC(C(=O)NC2CCNC(C)C2)CC1=O. The number of amides is 2. The van der Waals surface area contributed by atoms with Crippen molar-refractivity contribution in [2.45, 2.75) is 64.1 Å². The third-order valence-electron chi connectivity index (χ3n) is 5.89. The molecule has 3 heterocycles. The number of nitrogens with zero attached hydrogens (tertiary/aromatic N) is 2. The standard InChI is InChI=1S/C18H32N4O2/c1-3-21-8-4-5-16(21)12-22-11-14(10-17(22)23)18(24)20-15-6-7-19-13(2)9-15/h13-16,19H,3-12H2,1-2H3,(H,20,24). The van der Waals surface area contributed by atoms with Gasteiger partial charge in [-0.05, 0) is 52.2 Å². The summed E-state index contributed by atoms with van der Waals surface area (Å²) < 4.78 is 0. The maximum Gasteiger partial charge on any atom is 0.225 e. The Morgan fingerprint density at radius 1 is 1.38 bits per heavy atom. The van der Waals surface area contributed by atoms with E-state index in [-0.39, 0.29) is 23.8 Å². The molecule has 3 aliphatic heterocycles. The van der Waals surface area contributed by atoms with Gasteiger partial charge in [-0.15, -0.1) is 0 Å². The van der Waals surface area contributed by atoms with Crippen molar-refractivity contribution in [3.05, 3.63) is 0 Å². The van der Waals surface area contributed by atoms with Gasteiger partial charge in [0.15, 0.2) is 0 Å². The Balaban J connectivity index is 1.49. The summed E-state index contributed by atoms with van der Waals surface area (Å²) in [5.41, 5.74) is 0. The third kappa shape index (κ3) is 4.09. The van der Waals surface area contributed by atoms with Gasteiger partial charge in [0, 0.05) is 37.6 Å². The van der Waals surface area contributed by atoms with Crippen LogP contribution in [0.1, 0.15) is 46.0 Å². The number of carbonyl (C=O) groups is 2. The highest BCUT2D eigenvalue weighted by atomic mass is 16.2. The molecule has 0 aromatic heterocycles. The van der Waals surface area contributed by atoms with Crippen molar-refractivity contribution in [1.82, 2.24) is 20.4 Å². The monoisotopic (exact) mass is 336 g/mol. The molecular formula is C18H32N4O2. The molecule has 2 amide bonds. The minimum absolute atomic E-state index is 0.0729. The van der Waals surface area contributed by atoms with Gasteiger partial charge >= 0.3 is 0 Å². The molecule has 6 nitrogen and oxygen atoms in total. The second-order valence-electron chi connectivity index (χ2n) is 7.71. The summed E-state index contributed by atoms with van der Waals surface area (Å²) in [7, 11) is 0. The maximum absolute atomic E-state index is 12.5. The van der Waals surface area contributed by atoms with Crippen LogP contribution in [0.25, 0.3) is 0 Å². The van der Waals surface area contributed by atoms with Crippen molar-refractivity contribution in [2.75, 3.05) is 32.7 Å². The van der Waals surface area contributed by atoms with E-state index in [0.29, 0.717) is 25.0 Å². The first kappa shape index (κ1) is 17.7. The normalized spacial score (nSPS) is 34.8. The molecule has 3 saturated heterocycles. The van der Waals surface area contributed by atoms with Crippen molar-refractivity contribution >= 4 is 11.8 Å². The molecule has 3 fully saturated rings. The number of carbonyl (C=O) groups excluding carboxylic acids is 2. The molecule has 0 spiro atoms. The minimum Gasteiger partial charge on any atom is -0.353 e. The van der Waals surface area contributed by atoms with Crippen LogP contribution < -0.4 is 10.6 Å². The quantitative estimate of drug-likeness (QED) is 0.771. The van der Waals surface area contributed by atoms with Gasteiger partial charge in [-0.1, -0.05) is 6.92 Å². The number of nitrogens with one attached hydrogen (secondary N) is 2. The fourth-order valence-corrected chi connectivity index (χ4v) is 4.48. The van der Waals surface area contributed by atoms with Crippen molar-refractivity contribution in [2.24, 2.45) is 5.92 Å². The molecule has 0 aromatic rings. The first-order valence-corrected chi connectivity index (χ1v) is 9.62. The summed E-state index contributed by atoms with van der Waals surface area (Å²) >= 11 is 0. The fourth-order valence-electron chi connectivity index (χ4n) is 4.48. The summed E-state index contributed by atoms with van der Waals surface area (Å²) in [4.78, 5) is 29.3. The molecule has 2 N–H and O–H groups in total.